The molecule has 7 rings (SSSR count). The zero-order valence-electron chi connectivity index (χ0n) is 24.5. The summed E-state index contributed by atoms with van der Waals surface area (Å²) in [6.07, 6.45) is 4.64. The molecule has 220 valence electrons. The van der Waals surface area contributed by atoms with E-state index in [9.17, 15) is 9.59 Å². The van der Waals surface area contributed by atoms with Gasteiger partial charge in [-0.1, -0.05) is 73.7 Å². The summed E-state index contributed by atoms with van der Waals surface area (Å²) in [7, 11) is 1.52. The van der Waals surface area contributed by atoms with E-state index < -0.39 is 23.4 Å². The number of nitrogens with zero attached hydrogens (tertiary/aromatic N) is 1. The van der Waals surface area contributed by atoms with Crippen molar-refractivity contribution >= 4 is 29.2 Å². The van der Waals surface area contributed by atoms with Gasteiger partial charge in [-0.15, -0.1) is 0 Å². The number of carbonyl (C=O) groups is 3. The van der Waals surface area contributed by atoms with Crippen LogP contribution in [0.2, 0.25) is 0 Å². The minimum absolute atomic E-state index is 0.290. The van der Waals surface area contributed by atoms with E-state index in [0.29, 0.717) is 40.5 Å². The lowest BCUT2D eigenvalue weighted by Gasteiger charge is -2.38. The smallest absolute Gasteiger partial charge is 0.238 e. The number of rotatable bonds is 8. The number of benzene rings is 4. The van der Waals surface area contributed by atoms with Gasteiger partial charge in [0.2, 0.25) is 5.91 Å². The monoisotopic (exact) mass is 584 g/mol. The third-order valence-corrected chi connectivity index (χ3v) is 9.09. The van der Waals surface area contributed by atoms with E-state index in [4.69, 9.17) is 9.47 Å². The van der Waals surface area contributed by atoms with Crippen LogP contribution in [0.4, 0.5) is 5.69 Å². The standard InChI is InChI=1S/C37H32N2O5/c1-3-21-44-25-13-10-12-24(22-25)33(40)31-32(34(41)27-15-6-9-18-30(27)43-2)39-20-19-23-11-4-5-14-26(23)35(39)37(31)28-16-7-8-17-29(28)38-36(37)42/h4-20,22,31-32,35H,3,21H2,1-2H3,(H,38,42)/t31-,32-,35-,37-/m1/s1. The van der Waals surface area contributed by atoms with E-state index in [1.807, 2.05) is 78.7 Å². The van der Waals surface area contributed by atoms with Crippen LogP contribution < -0.4 is 14.8 Å². The molecular formula is C37H32N2O5. The maximum Gasteiger partial charge on any atom is 0.238 e. The van der Waals surface area contributed by atoms with Crippen molar-refractivity contribution in [3.63, 3.8) is 0 Å². The van der Waals surface area contributed by atoms with Crippen LogP contribution in [0.1, 0.15) is 56.8 Å². The first-order chi connectivity index (χ1) is 21.5. The van der Waals surface area contributed by atoms with Gasteiger partial charge in [0.25, 0.3) is 0 Å². The molecule has 44 heavy (non-hydrogen) atoms. The topological polar surface area (TPSA) is 84.9 Å². The quantitative estimate of drug-likeness (QED) is 0.239. The van der Waals surface area contributed by atoms with E-state index in [1.54, 1.807) is 42.5 Å². The summed E-state index contributed by atoms with van der Waals surface area (Å²) in [5, 5.41) is 3.09. The van der Waals surface area contributed by atoms with Crippen molar-refractivity contribution in [1.82, 2.24) is 4.90 Å². The number of hydrogen-bond acceptors (Lipinski definition) is 6. The van der Waals surface area contributed by atoms with Gasteiger partial charge in [0.05, 0.1) is 31.2 Å². The second-order valence-corrected chi connectivity index (χ2v) is 11.4. The minimum Gasteiger partial charge on any atom is -0.496 e. The summed E-state index contributed by atoms with van der Waals surface area (Å²) in [6.45, 7) is 2.52. The number of amides is 1. The second kappa shape index (κ2) is 10.8. The Morgan fingerprint density at radius 2 is 1.68 bits per heavy atom. The average molecular weight is 585 g/mol. The van der Waals surface area contributed by atoms with Crippen molar-refractivity contribution in [1.29, 1.82) is 0 Å². The third-order valence-electron chi connectivity index (χ3n) is 9.09. The molecule has 1 amide bonds. The molecule has 0 aliphatic carbocycles. The van der Waals surface area contributed by atoms with Gasteiger partial charge in [0.1, 0.15) is 23.0 Å². The van der Waals surface area contributed by atoms with Crippen LogP contribution in [0.3, 0.4) is 0 Å². The Labute approximate surface area is 256 Å². The number of Topliss-reactive ketones (excluding diaryl/α,β-unsaturated/α-hetero) is 2. The van der Waals surface area contributed by atoms with Gasteiger partial charge < -0.3 is 19.7 Å². The molecule has 3 aliphatic rings. The Balaban J connectivity index is 1.51. The molecule has 0 aromatic heterocycles. The molecule has 4 aromatic rings. The first-order valence-corrected chi connectivity index (χ1v) is 14.9. The molecule has 1 saturated heterocycles. The summed E-state index contributed by atoms with van der Waals surface area (Å²) >= 11 is 0. The molecule has 0 unspecified atom stereocenters. The number of fused-ring (bicyclic) bond motifs is 6. The number of ether oxygens (including phenoxy) is 2. The Morgan fingerprint density at radius 1 is 0.909 bits per heavy atom. The summed E-state index contributed by atoms with van der Waals surface area (Å²) in [5.74, 6) is -0.989. The van der Waals surface area contributed by atoms with E-state index in [-0.39, 0.29) is 17.5 Å². The number of methoxy groups -OCH3 is 1. The van der Waals surface area contributed by atoms with Crippen molar-refractivity contribution in [2.24, 2.45) is 5.92 Å². The molecule has 1 N–H and O–H groups in total. The highest BCUT2D eigenvalue weighted by Gasteiger charge is 2.70. The zero-order valence-corrected chi connectivity index (χ0v) is 24.5. The molecule has 3 heterocycles. The van der Waals surface area contributed by atoms with Crippen LogP contribution in [0, 0.1) is 5.92 Å². The maximum absolute atomic E-state index is 15.1. The summed E-state index contributed by atoms with van der Waals surface area (Å²) in [6, 6.07) is 27.8. The van der Waals surface area contributed by atoms with Gasteiger partial charge >= 0.3 is 0 Å². The number of para-hydroxylation sites is 2. The minimum atomic E-state index is -1.41. The average Bonchev–Trinajstić information content (AvgIpc) is 3.55. The van der Waals surface area contributed by atoms with Crippen molar-refractivity contribution in [3.8, 4) is 11.5 Å². The predicted octanol–water partition coefficient (Wildman–Crippen LogP) is 6.47. The van der Waals surface area contributed by atoms with E-state index >= 15 is 4.79 Å². The van der Waals surface area contributed by atoms with Crippen LogP contribution >= 0.6 is 0 Å². The highest BCUT2D eigenvalue weighted by Crippen LogP contribution is 2.62. The number of anilines is 1. The summed E-state index contributed by atoms with van der Waals surface area (Å²) in [5.41, 5.74) is 2.51. The lowest BCUT2D eigenvalue weighted by molar-refractivity contribution is -0.122. The number of nitrogens with one attached hydrogen (secondary N) is 1. The molecular weight excluding hydrogens is 552 g/mol. The van der Waals surface area contributed by atoms with Gasteiger partial charge in [-0.2, -0.15) is 0 Å². The molecule has 0 saturated carbocycles. The summed E-state index contributed by atoms with van der Waals surface area (Å²) in [4.78, 5) is 46.5. The molecule has 4 atom stereocenters. The molecule has 7 heteroatoms. The molecule has 1 fully saturated rings. The van der Waals surface area contributed by atoms with Crippen molar-refractivity contribution in [2.45, 2.75) is 30.8 Å². The molecule has 0 bridgehead atoms. The van der Waals surface area contributed by atoms with Crippen molar-refractivity contribution < 1.29 is 23.9 Å². The van der Waals surface area contributed by atoms with E-state index in [0.717, 1.165) is 17.5 Å². The maximum atomic E-state index is 15.1. The van der Waals surface area contributed by atoms with E-state index in [1.165, 1.54) is 7.11 Å². The Morgan fingerprint density at radius 3 is 2.52 bits per heavy atom. The fraction of sp³-hybridized carbons (Fsp3) is 0.216. The van der Waals surface area contributed by atoms with Crippen molar-refractivity contribution in [3.05, 3.63) is 131 Å². The van der Waals surface area contributed by atoms with Gasteiger partial charge in [-0.25, -0.2) is 0 Å². The normalized spacial score (nSPS) is 22.6. The van der Waals surface area contributed by atoms with Gasteiger partial charge in [-0.3, -0.25) is 14.4 Å². The van der Waals surface area contributed by atoms with Crippen LogP contribution in [0.15, 0.2) is 103 Å². The van der Waals surface area contributed by atoms with Gasteiger partial charge in [0.15, 0.2) is 11.6 Å². The zero-order chi connectivity index (χ0) is 30.4. The largest absolute Gasteiger partial charge is 0.496 e. The van der Waals surface area contributed by atoms with Gasteiger partial charge in [0, 0.05) is 17.5 Å². The molecule has 0 radical (unpaired) electrons. The fourth-order valence-electron chi connectivity index (χ4n) is 7.31. The predicted molar refractivity (Wildman–Crippen MR) is 168 cm³/mol. The number of ketones is 2. The third kappa shape index (κ3) is 3.99. The molecule has 4 aromatic carbocycles. The molecule has 7 nitrogen and oxygen atoms in total. The fourth-order valence-corrected chi connectivity index (χ4v) is 7.31. The highest BCUT2D eigenvalue weighted by atomic mass is 16.5. The van der Waals surface area contributed by atoms with Crippen molar-refractivity contribution in [2.75, 3.05) is 19.0 Å². The Hall–Kier alpha value is -5.17. The Kier molecular flexibility index (Phi) is 6.81. The lowest BCUT2D eigenvalue weighted by Crippen LogP contribution is -2.49. The van der Waals surface area contributed by atoms with Crippen LogP contribution in [0.5, 0.6) is 11.5 Å². The highest BCUT2D eigenvalue weighted by molar-refractivity contribution is 6.17. The number of hydrogen-bond donors (Lipinski definition) is 1. The van der Waals surface area contributed by atoms with E-state index in [2.05, 4.69) is 5.32 Å². The van der Waals surface area contributed by atoms with Crippen LogP contribution in [-0.2, 0) is 10.2 Å². The summed E-state index contributed by atoms with van der Waals surface area (Å²) < 4.78 is 11.5. The lowest BCUT2D eigenvalue weighted by atomic mass is 9.62. The molecule has 1 spiro atoms. The number of carbonyl (C=O) groups excluding carboxylic acids is 3. The SMILES string of the molecule is CCCOc1cccc(C(=O)[C@H]2[C@H](C(=O)c3ccccc3OC)N3C=Cc4ccccc4[C@@H]3[C@]23C(=O)Nc2ccccc23)c1. The van der Waals surface area contributed by atoms with Crippen LogP contribution in [0.25, 0.3) is 6.08 Å². The van der Waals surface area contributed by atoms with Crippen LogP contribution in [-0.4, -0.2) is 42.1 Å². The van der Waals surface area contributed by atoms with Gasteiger partial charge in [-0.05, 0) is 59.5 Å². The molecule has 3 aliphatic heterocycles. The Bertz CT molecular complexity index is 1830. The first kappa shape index (κ1) is 27.7. The second-order valence-electron chi connectivity index (χ2n) is 11.4. The first-order valence-electron chi connectivity index (χ1n) is 14.9.